The first-order valence-corrected chi connectivity index (χ1v) is 25.7. The zero-order valence-corrected chi connectivity index (χ0v) is 47.3. The third-order valence-corrected chi connectivity index (χ3v) is 14.6. The van der Waals surface area contributed by atoms with E-state index in [1.807, 2.05) is 82.1 Å². The number of benzene rings is 8. The van der Waals surface area contributed by atoms with Gasteiger partial charge in [0.2, 0.25) is 0 Å². The zero-order chi connectivity index (χ0) is 59.3. The van der Waals surface area contributed by atoms with Crippen LogP contribution in [-0.2, 0) is 42.7 Å². The van der Waals surface area contributed by atoms with Crippen LogP contribution in [0.25, 0.3) is 94.5 Å². The summed E-state index contributed by atoms with van der Waals surface area (Å²) < 4.78 is 88.7. The zero-order valence-electron chi connectivity index (χ0n) is 53.1. The van der Waals surface area contributed by atoms with Gasteiger partial charge in [-0.3, -0.25) is 4.57 Å². The summed E-state index contributed by atoms with van der Waals surface area (Å²) in [5.74, 6) is 1.62. The molecular weight excluding hydrogens is 1110 g/mol. The van der Waals surface area contributed by atoms with E-state index in [2.05, 4.69) is 155 Å². The Bertz CT molecular complexity index is 4540. The number of ether oxygens (including phenoxy) is 1. The minimum atomic E-state index is -0.524. The number of pyridine rings is 1. The Morgan fingerprint density at radius 3 is 1.72 bits per heavy atom. The van der Waals surface area contributed by atoms with E-state index in [0.717, 1.165) is 61.0 Å². The van der Waals surface area contributed by atoms with Crippen molar-refractivity contribution in [3.05, 3.63) is 211 Å². The van der Waals surface area contributed by atoms with Crippen molar-refractivity contribution < 1.29 is 41.3 Å². The fraction of sp³-hybridized carbons (Fsp3) is 0.229. The first-order chi connectivity index (χ1) is 39.0. The standard InChI is InChI=1S/C70H64N4O.Pt/c1-67(2,3)45-33-34-71-64(40-45)74-61-29-18-17-27-56(61)57-32-31-51(42-63(57)74)75-50-22-19-21-49(41-50)72-43-73-65-59(44-35-46(68(4,5)6)37-47(36-44)69(7,8)9)38-48(70(10,11)12)39-60(65)55-26-16-14-24-53(55)52-23-13-15-25-54(52)58-28-20-30-62(72)66(58)73;/h13-40H,1-12H3;/q-2;/i13D,14D,15D,16D,23D,24D,25D,26D;. The van der Waals surface area contributed by atoms with Crippen molar-refractivity contribution in [1.82, 2.24) is 14.1 Å². The second kappa shape index (κ2) is 18.5. The number of imidazole rings is 1. The molecule has 0 fully saturated rings. The van der Waals surface area contributed by atoms with Gasteiger partial charge in [0.25, 0.3) is 6.33 Å². The Morgan fingerprint density at radius 1 is 0.500 bits per heavy atom. The van der Waals surface area contributed by atoms with E-state index in [1.165, 1.54) is 0 Å². The molecule has 0 radical (unpaired) electrons. The SMILES string of the molecule is [2H]c1c([2H])c([2H])c2c(c1[2H])-c1cc(C(C)(C)C)cc(-c3cc(C(C)(C)C)cc(C(C)(C)C)c3)c1-[n+]1[c-]n(-c3[c-]c(Oc4[c-]c5c(cc4)c4ccccc4n5-c4cc(C(C)(C)C)ccn4)ccc3)c3cccc(c31)-c1c([2H])c([2H])c([2H])c([2H])c1-2.[Pt]. The van der Waals surface area contributed by atoms with Crippen molar-refractivity contribution >= 4 is 32.8 Å². The molecule has 0 unspecified atom stereocenters. The molecule has 0 saturated heterocycles. The molecular formula is C70H64N4OPt-2. The van der Waals surface area contributed by atoms with E-state index in [4.69, 9.17) is 12.5 Å². The van der Waals surface area contributed by atoms with Gasteiger partial charge in [-0.05, 0) is 118 Å². The molecule has 0 spiro atoms. The van der Waals surface area contributed by atoms with E-state index >= 15 is 0 Å². The molecule has 76 heavy (non-hydrogen) atoms. The minimum Gasteiger partial charge on any atom is -0.510 e. The molecule has 0 atom stereocenters. The second-order valence-corrected chi connectivity index (χ2v) is 24.0. The fourth-order valence-electron chi connectivity index (χ4n) is 10.4. The smallest absolute Gasteiger partial charge is 0.268 e. The Hall–Kier alpha value is -7.33. The normalized spacial score (nSPS) is 14.1. The summed E-state index contributed by atoms with van der Waals surface area (Å²) >= 11 is 0. The van der Waals surface area contributed by atoms with Crippen LogP contribution in [0, 0.1) is 18.5 Å². The number of nitrogens with zero attached hydrogens (tertiary/aromatic N) is 4. The van der Waals surface area contributed by atoms with E-state index in [-0.39, 0.29) is 71.6 Å². The van der Waals surface area contributed by atoms with Crippen LogP contribution < -0.4 is 9.30 Å². The van der Waals surface area contributed by atoms with Crippen LogP contribution in [0.1, 0.15) is 116 Å². The number of hydrogen-bond acceptors (Lipinski definition) is 2. The summed E-state index contributed by atoms with van der Waals surface area (Å²) in [7, 11) is 0. The number of para-hydroxylation sites is 2. The molecule has 382 valence electrons. The van der Waals surface area contributed by atoms with Crippen molar-refractivity contribution in [2.45, 2.75) is 105 Å². The molecule has 12 rings (SSSR count). The van der Waals surface area contributed by atoms with Crippen LogP contribution in [0.3, 0.4) is 0 Å². The molecule has 0 amide bonds. The molecule has 4 heterocycles. The van der Waals surface area contributed by atoms with E-state index in [9.17, 15) is 8.22 Å². The molecule has 1 aliphatic heterocycles. The van der Waals surface area contributed by atoms with E-state index in [0.29, 0.717) is 45.0 Å². The molecule has 11 aromatic rings. The summed E-state index contributed by atoms with van der Waals surface area (Å²) in [6.07, 6.45) is 5.61. The van der Waals surface area contributed by atoms with E-state index < -0.39 is 41.7 Å². The Morgan fingerprint density at radius 2 is 1.07 bits per heavy atom. The van der Waals surface area contributed by atoms with Crippen molar-refractivity contribution in [1.29, 1.82) is 0 Å². The average molecular weight is 1180 g/mol. The van der Waals surface area contributed by atoms with Gasteiger partial charge in [-0.25, -0.2) is 4.98 Å². The van der Waals surface area contributed by atoms with Gasteiger partial charge in [0.15, 0.2) is 0 Å². The third kappa shape index (κ3) is 8.81. The van der Waals surface area contributed by atoms with Crippen LogP contribution in [0.4, 0.5) is 0 Å². The number of aromatic nitrogens is 4. The second-order valence-electron chi connectivity index (χ2n) is 24.0. The van der Waals surface area contributed by atoms with Crippen LogP contribution >= 0.6 is 0 Å². The van der Waals surface area contributed by atoms with Gasteiger partial charge in [0.1, 0.15) is 5.82 Å². The first kappa shape index (κ1) is 41.9. The molecule has 8 aromatic carbocycles. The van der Waals surface area contributed by atoms with Crippen molar-refractivity contribution in [2.24, 2.45) is 0 Å². The maximum atomic E-state index is 9.96. The molecule has 0 aliphatic carbocycles. The third-order valence-electron chi connectivity index (χ3n) is 14.6. The molecule has 6 heteroatoms. The predicted molar refractivity (Wildman–Crippen MR) is 310 cm³/mol. The van der Waals surface area contributed by atoms with Gasteiger partial charge in [-0.1, -0.05) is 204 Å². The monoisotopic (exact) mass is 1180 g/mol. The predicted octanol–water partition coefficient (Wildman–Crippen LogP) is 17.8. The molecule has 1 aliphatic rings. The summed E-state index contributed by atoms with van der Waals surface area (Å²) in [6.45, 7) is 26.1. The average Bonchev–Trinajstić information content (AvgIpc) is 1.52. The fourth-order valence-corrected chi connectivity index (χ4v) is 10.4. The van der Waals surface area contributed by atoms with Crippen LogP contribution in [0.15, 0.2) is 170 Å². The van der Waals surface area contributed by atoms with Crippen LogP contribution in [0.2, 0.25) is 0 Å². The molecule has 3 aromatic heterocycles. The number of fused-ring (bicyclic) bond motifs is 10. The Labute approximate surface area is 474 Å². The minimum absolute atomic E-state index is 0. The van der Waals surface area contributed by atoms with Crippen molar-refractivity contribution in [3.8, 4) is 73.2 Å². The largest absolute Gasteiger partial charge is 0.510 e. The molecule has 0 bridgehead atoms. The Balaban J connectivity index is 0.00000736. The number of rotatable bonds is 5. The van der Waals surface area contributed by atoms with Gasteiger partial charge in [0.05, 0.1) is 27.7 Å². The maximum Gasteiger partial charge on any atom is 0.268 e. The maximum absolute atomic E-state index is 9.96. The summed E-state index contributed by atoms with van der Waals surface area (Å²) in [6, 6.07) is 42.1. The van der Waals surface area contributed by atoms with Crippen LogP contribution in [-0.4, -0.2) is 14.1 Å². The number of hydrogen-bond donors (Lipinski definition) is 0. The van der Waals surface area contributed by atoms with Crippen molar-refractivity contribution in [3.63, 3.8) is 0 Å². The van der Waals surface area contributed by atoms with Crippen molar-refractivity contribution in [2.75, 3.05) is 0 Å². The Kier molecular flexibility index (Phi) is 10.2. The topological polar surface area (TPSA) is 35.9 Å². The van der Waals surface area contributed by atoms with Gasteiger partial charge in [0, 0.05) is 44.3 Å². The van der Waals surface area contributed by atoms with Crippen LogP contribution in [0.5, 0.6) is 11.5 Å². The molecule has 5 nitrogen and oxygen atoms in total. The molecule has 0 N–H and O–H groups in total. The summed E-state index contributed by atoms with van der Waals surface area (Å²) in [4.78, 5) is 4.87. The summed E-state index contributed by atoms with van der Waals surface area (Å²) in [5, 5.41) is 2.05. The summed E-state index contributed by atoms with van der Waals surface area (Å²) in [5.41, 5.74) is 9.67. The first-order valence-electron chi connectivity index (χ1n) is 29.7. The van der Waals surface area contributed by atoms with Gasteiger partial charge >= 0.3 is 0 Å². The van der Waals surface area contributed by atoms with Gasteiger partial charge < -0.3 is 13.9 Å². The van der Waals surface area contributed by atoms with Gasteiger partial charge in [-0.15, -0.1) is 29.7 Å². The quantitative estimate of drug-likeness (QED) is 0.127. The molecule has 0 saturated carbocycles. The van der Waals surface area contributed by atoms with Gasteiger partial charge in [-0.2, -0.15) is 18.2 Å². The van der Waals surface area contributed by atoms with E-state index in [1.54, 1.807) is 0 Å².